The van der Waals surface area contributed by atoms with E-state index in [0.29, 0.717) is 30.7 Å². The van der Waals surface area contributed by atoms with E-state index in [2.05, 4.69) is 22.2 Å². The molecule has 0 aromatic heterocycles. The third kappa shape index (κ3) is 5.50. The molecule has 188 valence electrons. The van der Waals surface area contributed by atoms with Gasteiger partial charge in [-0.05, 0) is 67.5 Å². The van der Waals surface area contributed by atoms with E-state index < -0.39 is 15.6 Å². The summed E-state index contributed by atoms with van der Waals surface area (Å²) in [4.78, 5) is 30.9. The molecule has 0 saturated carbocycles. The summed E-state index contributed by atoms with van der Waals surface area (Å²) in [6, 6.07) is 14.8. The Kier molecular flexibility index (Phi) is 7.29. The minimum absolute atomic E-state index is 0.0366. The van der Waals surface area contributed by atoms with Crippen LogP contribution >= 0.6 is 0 Å². The van der Waals surface area contributed by atoms with E-state index in [1.54, 1.807) is 26.2 Å². The Morgan fingerprint density at radius 3 is 2.44 bits per heavy atom. The van der Waals surface area contributed by atoms with Crippen molar-refractivity contribution in [1.82, 2.24) is 14.5 Å². The van der Waals surface area contributed by atoms with Gasteiger partial charge in [-0.2, -0.15) is 0 Å². The predicted molar refractivity (Wildman–Crippen MR) is 139 cm³/mol. The minimum Gasteiger partial charge on any atom is -0.345 e. The maximum Gasteiger partial charge on any atom is 0.254 e. The first-order chi connectivity index (χ1) is 17.1. The predicted octanol–water partition coefficient (Wildman–Crippen LogP) is 1.98. The first-order valence-electron chi connectivity index (χ1n) is 11.9. The smallest absolute Gasteiger partial charge is 0.254 e. The van der Waals surface area contributed by atoms with Crippen molar-refractivity contribution in [2.75, 3.05) is 32.9 Å². The first kappa shape index (κ1) is 25.6. The zero-order valence-electron chi connectivity index (χ0n) is 20.7. The third-order valence-electron chi connectivity index (χ3n) is 6.65. The summed E-state index contributed by atoms with van der Waals surface area (Å²) < 4.78 is 27.6. The number of amidine groups is 1. The highest BCUT2D eigenvalue weighted by molar-refractivity contribution is 7.89. The minimum atomic E-state index is -3.51. The molecular weight excluding hydrogens is 476 g/mol. The largest absolute Gasteiger partial charge is 0.345 e. The van der Waals surface area contributed by atoms with Crippen LogP contribution in [0.5, 0.6) is 0 Å². The summed E-state index contributed by atoms with van der Waals surface area (Å²) in [7, 11) is -0.122. The number of hydrogen-bond acceptors (Lipinski definition) is 5. The van der Waals surface area contributed by atoms with Gasteiger partial charge in [0, 0.05) is 38.3 Å². The number of amides is 2. The number of nitrogens with zero attached hydrogens (tertiary/aromatic N) is 3. The zero-order chi connectivity index (χ0) is 25.9. The molecule has 36 heavy (non-hydrogen) atoms. The molecular formula is C27H30N4O4S. The van der Waals surface area contributed by atoms with Crippen LogP contribution < -0.4 is 5.32 Å². The van der Waals surface area contributed by atoms with Crippen LogP contribution in [0.2, 0.25) is 0 Å². The second-order valence-electron chi connectivity index (χ2n) is 9.37. The van der Waals surface area contributed by atoms with Crippen LogP contribution in [-0.2, 0) is 21.2 Å². The number of carbonyl (C=O) groups is 2. The summed E-state index contributed by atoms with van der Waals surface area (Å²) in [6.07, 6.45) is 0.980. The van der Waals surface area contributed by atoms with Gasteiger partial charge in [0.25, 0.3) is 11.8 Å². The van der Waals surface area contributed by atoms with Gasteiger partial charge < -0.3 is 10.2 Å². The maximum atomic E-state index is 13.0. The van der Waals surface area contributed by atoms with E-state index in [4.69, 9.17) is 0 Å². The SMILES string of the molecule is Cc1cc(C(=O)N(C)C)ccc1CCS(=O)(=O)N1CCC2(CC1)N=C(C#Cc1ccccc1)NC2=O. The topological polar surface area (TPSA) is 99.2 Å². The molecule has 9 heteroatoms. The number of aliphatic imine (C=N–C) groups is 1. The van der Waals surface area contributed by atoms with Crippen molar-refractivity contribution < 1.29 is 18.0 Å². The number of carbonyl (C=O) groups excluding carboxylic acids is 2. The molecule has 1 N–H and O–H groups in total. The lowest BCUT2D eigenvalue weighted by atomic mass is 9.89. The maximum absolute atomic E-state index is 13.0. The fourth-order valence-corrected chi connectivity index (χ4v) is 5.91. The molecule has 1 spiro atoms. The number of rotatable bonds is 5. The second-order valence-corrected chi connectivity index (χ2v) is 11.5. The normalized spacial score (nSPS) is 17.2. The Morgan fingerprint density at radius 2 is 1.81 bits per heavy atom. The molecule has 8 nitrogen and oxygen atoms in total. The van der Waals surface area contributed by atoms with Gasteiger partial charge in [0.1, 0.15) is 5.54 Å². The molecule has 0 radical (unpaired) electrons. The van der Waals surface area contributed by atoms with E-state index in [0.717, 1.165) is 16.7 Å². The molecule has 0 unspecified atom stereocenters. The van der Waals surface area contributed by atoms with Crippen molar-refractivity contribution in [2.24, 2.45) is 4.99 Å². The van der Waals surface area contributed by atoms with Crippen LogP contribution in [0, 0.1) is 18.8 Å². The Bertz CT molecular complexity index is 1360. The highest BCUT2D eigenvalue weighted by Crippen LogP contribution is 2.31. The lowest BCUT2D eigenvalue weighted by Gasteiger charge is -2.34. The molecule has 0 bridgehead atoms. The van der Waals surface area contributed by atoms with Crippen molar-refractivity contribution in [3.63, 3.8) is 0 Å². The molecule has 0 aliphatic carbocycles. The fraction of sp³-hybridized carbons (Fsp3) is 0.370. The Balaban J connectivity index is 1.38. The molecule has 2 aromatic carbocycles. The Labute approximate surface area is 212 Å². The molecule has 4 rings (SSSR count). The highest BCUT2D eigenvalue weighted by atomic mass is 32.2. The number of piperidine rings is 1. The number of benzene rings is 2. The first-order valence-corrected chi connectivity index (χ1v) is 13.5. The van der Waals surface area contributed by atoms with Gasteiger partial charge in [-0.1, -0.05) is 30.2 Å². The van der Waals surface area contributed by atoms with Gasteiger partial charge in [-0.15, -0.1) is 0 Å². The number of sulfonamides is 1. The summed E-state index contributed by atoms with van der Waals surface area (Å²) >= 11 is 0. The molecule has 2 amide bonds. The monoisotopic (exact) mass is 506 g/mol. The second kappa shape index (κ2) is 10.2. The van der Waals surface area contributed by atoms with E-state index in [1.807, 2.05) is 43.3 Å². The summed E-state index contributed by atoms with van der Waals surface area (Å²) in [5, 5.41) is 2.75. The van der Waals surface area contributed by atoms with Crippen LogP contribution in [0.3, 0.4) is 0 Å². The molecule has 1 saturated heterocycles. The zero-order valence-corrected chi connectivity index (χ0v) is 21.6. The molecule has 2 heterocycles. The van der Waals surface area contributed by atoms with E-state index in [9.17, 15) is 18.0 Å². The van der Waals surface area contributed by atoms with Crippen molar-refractivity contribution in [2.45, 2.75) is 31.7 Å². The summed E-state index contributed by atoms with van der Waals surface area (Å²) in [5.41, 5.74) is 2.22. The van der Waals surface area contributed by atoms with Gasteiger partial charge in [0.15, 0.2) is 5.84 Å². The molecule has 1 fully saturated rings. The average molecular weight is 507 g/mol. The lowest BCUT2D eigenvalue weighted by molar-refractivity contribution is -0.124. The molecule has 2 aliphatic rings. The molecule has 0 atom stereocenters. The average Bonchev–Trinajstić information content (AvgIpc) is 3.16. The molecule has 2 aromatic rings. The van der Waals surface area contributed by atoms with E-state index >= 15 is 0 Å². The Morgan fingerprint density at radius 1 is 1.11 bits per heavy atom. The van der Waals surface area contributed by atoms with Crippen LogP contribution in [0.25, 0.3) is 0 Å². The van der Waals surface area contributed by atoms with Crippen LogP contribution in [0.15, 0.2) is 53.5 Å². The van der Waals surface area contributed by atoms with Crippen LogP contribution in [-0.4, -0.2) is 73.7 Å². The summed E-state index contributed by atoms with van der Waals surface area (Å²) in [5.74, 6) is 5.88. The Hall–Kier alpha value is -3.48. The fourth-order valence-electron chi connectivity index (χ4n) is 4.44. The van der Waals surface area contributed by atoms with Gasteiger partial charge in [0.2, 0.25) is 10.0 Å². The lowest BCUT2D eigenvalue weighted by Crippen LogP contribution is -2.50. The van der Waals surface area contributed by atoms with Crippen molar-refractivity contribution in [3.05, 3.63) is 70.8 Å². The van der Waals surface area contributed by atoms with Gasteiger partial charge in [-0.3, -0.25) is 9.59 Å². The summed E-state index contributed by atoms with van der Waals surface area (Å²) in [6.45, 7) is 2.34. The van der Waals surface area contributed by atoms with Gasteiger partial charge in [0.05, 0.1) is 5.75 Å². The highest BCUT2D eigenvalue weighted by Gasteiger charge is 2.47. The van der Waals surface area contributed by atoms with Gasteiger partial charge in [-0.25, -0.2) is 17.7 Å². The van der Waals surface area contributed by atoms with Crippen molar-refractivity contribution >= 4 is 27.7 Å². The van der Waals surface area contributed by atoms with E-state index in [1.165, 1.54) is 9.21 Å². The van der Waals surface area contributed by atoms with Crippen LogP contribution in [0.1, 0.15) is 39.9 Å². The van der Waals surface area contributed by atoms with Gasteiger partial charge >= 0.3 is 0 Å². The number of nitrogens with one attached hydrogen (secondary N) is 1. The standard InChI is InChI=1S/C27H30N4O4S/c1-20-19-23(25(32)30(2)3)11-10-22(20)13-18-36(34,35)31-16-14-27(15-17-31)26(33)28-24(29-27)12-9-21-7-5-4-6-8-21/h4-8,10-11,19H,13-18H2,1-3H3,(H,28,29,33). The van der Waals surface area contributed by atoms with Crippen LogP contribution in [0.4, 0.5) is 0 Å². The van der Waals surface area contributed by atoms with Crippen molar-refractivity contribution in [1.29, 1.82) is 0 Å². The van der Waals surface area contributed by atoms with E-state index in [-0.39, 0.29) is 30.7 Å². The molecule has 2 aliphatic heterocycles. The van der Waals surface area contributed by atoms with Crippen molar-refractivity contribution in [3.8, 4) is 11.8 Å². The third-order valence-corrected chi connectivity index (χ3v) is 8.52. The number of hydrogen-bond donors (Lipinski definition) is 1. The number of aryl methyl sites for hydroxylation is 2. The quantitative estimate of drug-likeness (QED) is 0.627.